The molecule has 0 unspecified atom stereocenters. The normalized spacial score (nSPS) is 19.5. The summed E-state index contributed by atoms with van der Waals surface area (Å²) in [5.41, 5.74) is 4.47. The Hall–Kier alpha value is -3.20. The van der Waals surface area contributed by atoms with Gasteiger partial charge >= 0.3 is 5.97 Å². The fourth-order valence-corrected chi connectivity index (χ4v) is 5.00. The van der Waals surface area contributed by atoms with Crippen molar-refractivity contribution in [2.75, 3.05) is 6.61 Å². The first-order valence-electron chi connectivity index (χ1n) is 10.4. The van der Waals surface area contributed by atoms with Gasteiger partial charge in [-0.3, -0.25) is 9.59 Å². The average molecular weight is 399 g/mol. The number of hydrogen-bond donors (Lipinski definition) is 0. The van der Waals surface area contributed by atoms with Crippen LogP contribution in [-0.2, 0) is 19.7 Å². The monoisotopic (exact) mass is 398 g/mol. The number of benzene rings is 3. The van der Waals surface area contributed by atoms with Crippen molar-refractivity contribution in [1.82, 2.24) is 0 Å². The zero-order valence-corrected chi connectivity index (χ0v) is 17.4. The van der Waals surface area contributed by atoms with Gasteiger partial charge in [-0.05, 0) is 35.6 Å². The lowest BCUT2D eigenvalue weighted by Gasteiger charge is -2.56. The molecule has 0 saturated heterocycles. The highest BCUT2D eigenvalue weighted by molar-refractivity contribution is 5.87. The van der Waals surface area contributed by atoms with Gasteiger partial charge in [0.05, 0.1) is 0 Å². The molecule has 152 valence electrons. The minimum atomic E-state index is -0.424. The Bertz CT molecular complexity index is 1000. The van der Waals surface area contributed by atoms with Crippen molar-refractivity contribution in [2.45, 2.75) is 31.6 Å². The van der Waals surface area contributed by atoms with E-state index in [9.17, 15) is 9.59 Å². The molecule has 0 bridgehead atoms. The number of ketones is 1. The van der Waals surface area contributed by atoms with Crippen LogP contribution in [-0.4, -0.2) is 18.4 Å². The van der Waals surface area contributed by atoms with E-state index in [-0.39, 0.29) is 29.6 Å². The molecule has 3 aromatic carbocycles. The highest BCUT2D eigenvalue weighted by Crippen LogP contribution is 2.62. The zero-order valence-electron chi connectivity index (χ0n) is 17.4. The number of aryl methyl sites for hydroxylation is 1. The number of esters is 1. The zero-order chi connectivity index (χ0) is 21.1. The molecule has 3 aromatic rings. The highest BCUT2D eigenvalue weighted by atomic mass is 16.5. The molecule has 0 heterocycles. The van der Waals surface area contributed by atoms with Gasteiger partial charge in [0.1, 0.15) is 6.61 Å². The van der Waals surface area contributed by atoms with Gasteiger partial charge in [-0.1, -0.05) is 84.9 Å². The third-order valence-corrected chi connectivity index (χ3v) is 6.41. The van der Waals surface area contributed by atoms with Crippen molar-refractivity contribution in [3.05, 3.63) is 107 Å². The molecule has 3 heteroatoms. The molecule has 0 spiro atoms. The van der Waals surface area contributed by atoms with Crippen molar-refractivity contribution in [1.29, 1.82) is 0 Å². The number of carbonyl (C=O) groups is 2. The van der Waals surface area contributed by atoms with Crippen LogP contribution in [0.1, 0.15) is 41.5 Å². The number of hydrogen-bond acceptors (Lipinski definition) is 3. The van der Waals surface area contributed by atoms with Crippen LogP contribution < -0.4 is 0 Å². The summed E-state index contributed by atoms with van der Waals surface area (Å²) in [7, 11) is 0. The molecule has 1 aliphatic rings. The summed E-state index contributed by atoms with van der Waals surface area (Å²) in [5, 5.41) is 0. The van der Waals surface area contributed by atoms with Gasteiger partial charge in [0.15, 0.2) is 5.78 Å². The maximum atomic E-state index is 13.1. The van der Waals surface area contributed by atoms with Crippen molar-refractivity contribution < 1.29 is 14.3 Å². The SMILES string of the molecule is CC(=O)OCC(=O)[C@@H]1CC(c2ccccc2)(c2ccccc2)[C@H]1c1ccccc1C. The van der Waals surface area contributed by atoms with E-state index in [0.717, 1.165) is 0 Å². The van der Waals surface area contributed by atoms with Gasteiger partial charge in [0.2, 0.25) is 0 Å². The summed E-state index contributed by atoms with van der Waals surface area (Å²) in [5.74, 6) is -0.661. The summed E-state index contributed by atoms with van der Waals surface area (Å²) in [6, 6.07) is 29.2. The highest BCUT2D eigenvalue weighted by Gasteiger charge is 2.58. The molecule has 0 amide bonds. The molecule has 3 nitrogen and oxygen atoms in total. The van der Waals surface area contributed by atoms with Gasteiger partial charge in [-0.25, -0.2) is 0 Å². The Labute approximate surface area is 177 Å². The second-order valence-corrected chi connectivity index (χ2v) is 8.09. The fourth-order valence-electron chi connectivity index (χ4n) is 5.00. The smallest absolute Gasteiger partial charge is 0.303 e. The summed E-state index contributed by atoms with van der Waals surface area (Å²) in [4.78, 5) is 24.4. The molecule has 0 aliphatic heterocycles. The van der Waals surface area contributed by atoms with Gasteiger partial charge < -0.3 is 4.74 Å². The van der Waals surface area contributed by atoms with Gasteiger partial charge in [-0.15, -0.1) is 0 Å². The van der Waals surface area contributed by atoms with Crippen LogP contribution in [0, 0.1) is 12.8 Å². The van der Waals surface area contributed by atoms with Crippen molar-refractivity contribution in [3.8, 4) is 0 Å². The van der Waals surface area contributed by atoms with E-state index >= 15 is 0 Å². The lowest BCUT2D eigenvalue weighted by molar-refractivity contribution is -0.148. The Morgan fingerprint density at radius 3 is 1.93 bits per heavy atom. The topological polar surface area (TPSA) is 43.4 Å². The Morgan fingerprint density at radius 1 is 0.867 bits per heavy atom. The molecule has 0 radical (unpaired) electrons. The van der Waals surface area contributed by atoms with Gasteiger partial charge in [0.25, 0.3) is 0 Å². The van der Waals surface area contributed by atoms with E-state index in [1.165, 1.54) is 29.2 Å². The average Bonchev–Trinajstić information content (AvgIpc) is 2.75. The summed E-state index contributed by atoms with van der Waals surface area (Å²) >= 11 is 0. The number of Topliss-reactive ketones (excluding diaryl/α,β-unsaturated/α-hetero) is 1. The van der Waals surface area contributed by atoms with Crippen LogP contribution in [0.3, 0.4) is 0 Å². The first kappa shape index (κ1) is 20.1. The van der Waals surface area contributed by atoms with Crippen LogP contribution in [0.15, 0.2) is 84.9 Å². The van der Waals surface area contributed by atoms with Crippen molar-refractivity contribution in [3.63, 3.8) is 0 Å². The van der Waals surface area contributed by atoms with Crippen LogP contribution in [0.5, 0.6) is 0 Å². The van der Waals surface area contributed by atoms with E-state index in [1.807, 2.05) is 24.3 Å². The molecule has 0 aromatic heterocycles. The van der Waals surface area contributed by atoms with Crippen molar-refractivity contribution in [2.24, 2.45) is 5.92 Å². The maximum Gasteiger partial charge on any atom is 0.303 e. The van der Waals surface area contributed by atoms with Crippen LogP contribution >= 0.6 is 0 Å². The van der Waals surface area contributed by atoms with E-state index in [0.29, 0.717) is 6.42 Å². The second kappa shape index (κ2) is 8.27. The molecule has 2 atom stereocenters. The fraction of sp³-hybridized carbons (Fsp3) is 0.259. The van der Waals surface area contributed by atoms with E-state index in [4.69, 9.17) is 4.74 Å². The Balaban J connectivity index is 1.86. The lowest BCUT2D eigenvalue weighted by atomic mass is 9.45. The van der Waals surface area contributed by atoms with Crippen LogP contribution in [0.4, 0.5) is 0 Å². The van der Waals surface area contributed by atoms with Gasteiger partial charge in [-0.2, -0.15) is 0 Å². The lowest BCUT2D eigenvalue weighted by Crippen LogP contribution is -2.54. The van der Waals surface area contributed by atoms with Crippen LogP contribution in [0.2, 0.25) is 0 Å². The van der Waals surface area contributed by atoms with Crippen LogP contribution in [0.25, 0.3) is 0 Å². The molecule has 1 aliphatic carbocycles. The van der Waals surface area contributed by atoms with E-state index in [2.05, 4.69) is 67.6 Å². The number of carbonyl (C=O) groups excluding carboxylic acids is 2. The quantitative estimate of drug-likeness (QED) is 0.535. The molecule has 1 saturated carbocycles. The van der Waals surface area contributed by atoms with Gasteiger partial charge in [0, 0.05) is 24.2 Å². The molecular weight excluding hydrogens is 372 g/mol. The third kappa shape index (κ3) is 3.45. The Morgan fingerprint density at radius 2 is 1.40 bits per heavy atom. The van der Waals surface area contributed by atoms with E-state index in [1.54, 1.807) is 0 Å². The predicted octanol–water partition coefficient (Wildman–Crippen LogP) is 5.22. The summed E-state index contributed by atoms with van der Waals surface area (Å²) < 4.78 is 5.07. The molecule has 4 rings (SSSR count). The minimum Gasteiger partial charge on any atom is -0.458 e. The largest absolute Gasteiger partial charge is 0.458 e. The summed E-state index contributed by atoms with van der Waals surface area (Å²) in [6.45, 7) is 3.27. The first-order chi connectivity index (χ1) is 14.5. The standard InChI is InChI=1S/C27H26O3/c1-19-11-9-10-16-23(19)26-24(25(29)18-30-20(2)28)17-27(26,21-12-5-3-6-13-21)22-14-7-4-8-15-22/h3-16,24,26H,17-18H2,1-2H3/t24-,26-/m0/s1. The third-order valence-electron chi connectivity index (χ3n) is 6.41. The molecular formula is C27H26O3. The second-order valence-electron chi connectivity index (χ2n) is 8.09. The molecule has 1 fully saturated rings. The van der Waals surface area contributed by atoms with E-state index < -0.39 is 5.97 Å². The number of rotatable bonds is 6. The predicted molar refractivity (Wildman–Crippen MR) is 117 cm³/mol. The number of ether oxygens (including phenoxy) is 1. The maximum absolute atomic E-state index is 13.1. The molecule has 0 N–H and O–H groups in total. The Kier molecular flexibility index (Phi) is 5.54. The minimum absolute atomic E-state index is 0.0130. The summed E-state index contributed by atoms with van der Waals surface area (Å²) in [6.07, 6.45) is 0.695. The first-order valence-corrected chi connectivity index (χ1v) is 10.4. The molecule has 30 heavy (non-hydrogen) atoms. The van der Waals surface area contributed by atoms with Crippen molar-refractivity contribution >= 4 is 11.8 Å².